The van der Waals surface area contributed by atoms with Gasteiger partial charge in [0.1, 0.15) is 5.76 Å². The van der Waals surface area contributed by atoms with E-state index in [0.717, 1.165) is 31.7 Å². The largest absolute Gasteiger partial charge is 0.469 e. The number of aliphatic hydroxyl groups is 1. The highest BCUT2D eigenvalue weighted by Crippen LogP contribution is 2.17. The van der Waals surface area contributed by atoms with E-state index in [0.29, 0.717) is 30.2 Å². The number of aromatic nitrogens is 2. The predicted molar refractivity (Wildman–Crippen MR) is 98.2 cm³/mol. The van der Waals surface area contributed by atoms with Crippen LogP contribution in [0.4, 0.5) is 5.95 Å². The minimum atomic E-state index is -0.217. The minimum absolute atomic E-state index is 0.0235. The Morgan fingerprint density at radius 3 is 2.85 bits per heavy atom. The summed E-state index contributed by atoms with van der Waals surface area (Å²) in [5.74, 6) is 1.18. The number of rotatable bonds is 7. The van der Waals surface area contributed by atoms with Crippen LogP contribution >= 0.6 is 0 Å². The number of aryl methyl sites for hydroxylation is 1. The average molecular weight is 358 g/mol. The van der Waals surface area contributed by atoms with Gasteiger partial charge >= 0.3 is 0 Å². The highest BCUT2D eigenvalue weighted by atomic mass is 16.3. The molecule has 2 aromatic heterocycles. The van der Waals surface area contributed by atoms with Gasteiger partial charge in [0.2, 0.25) is 5.95 Å². The van der Waals surface area contributed by atoms with E-state index < -0.39 is 0 Å². The summed E-state index contributed by atoms with van der Waals surface area (Å²) in [6.07, 6.45) is 7.34. The van der Waals surface area contributed by atoms with Crippen molar-refractivity contribution in [3.8, 4) is 0 Å². The Morgan fingerprint density at radius 1 is 1.38 bits per heavy atom. The van der Waals surface area contributed by atoms with Crippen LogP contribution in [-0.2, 0) is 6.42 Å². The van der Waals surface area contributed by atoms with Crippen LogP contribution in [0.1, 0.15) is 41.1 Å². The molecular formula is C19H26N4O3. The van der Waals surface area contributed by atoms with Gasteiger partial charge in [-0.2, -0.15) is 0 Å². The summed E-state index contributed by atoms with van der Waals surface area (Å²) in [5.41, 5.74) is 1.14. The van der Waals surface area contributed by atoms with Crippen molar-refractivity contribution in [1.29, 1.82) is 0 Å². The van der Waals surface area contributed by atoms with E-state index in [9.17, 15) is 9.90 Å². The molecule has 26 heavy (non-hydrogen) atoms. The summed E-state index contributed by atoms with van der Waals surface area (Å²) in [6.45, 7) is 4.11. The van der Waals surface area contributed by atoms with Crippen molar-refractivity contribution in [3.05, 3.63) is 41.6 Å². The maximum absolute atomic E-state index is 12.5. The molecule has 1 aliphatic heterocycles. The first-order valence-electron chi connectivity index (χ1n) is 9.17. The van der Waals surface area contributed by atoms with Gasteiger partial charge in [-0.05, 0) is 38.3 Å². The second-order valence-corrected chi connectivity index (χ2v) is 6.76. The van der Waals surface area contributed by atoms with Gasteiger partial charge in [-0.15, -0.1) is 0 Å². The Labute approximate surface area is 153 Å². The normalized spacial score (nSPS) is 15.7. The van der Waals surface area contributed by atoms with Crippen LogP contribution in [0.15, 0.2) is 29.0 Å². The number of amides is 1. The van der Waals surface area contributed by atoms with Crippen molar-refractivity contribution >= 4 is 11.9 Å². The quantitative estimate of drug-likeness (QED) is 0.786. The molecule has 1 saturated heterocycles. The van der Waals surface area contributed by atoms with Crippen LogP contribution in [-0.4, -0.2) is 47.2 Å². The summed E-state index contributed by atoms with van der Waals surface area (Å²) >= 11 is 0. The number of anilines is 1. The van der Waals surface area contributed by atoms with E-state index in [1.165, 1.54) is 6.42 Å². The topological polar surface area (TPSA) is 91.5 Å². The first kappa shape index (κ1) is 18.4. The first-order valence-corrected chi connectivity index (χ1v) is 9.17. The zero-order valence-corrected chi connectivity index (χ0v) is 15.1. The van der Waals surface area contributed by atoms with E-state index in [2.05, 4.69) is 20.2 Å². The highest BCUT2D eigenvalue weighted by Gasteiger charge is 2.18. The minimum Gasteiger partial charge on any atom is -0.469 e. The molecule has 2 N–H and O–H groups in total. The number of aliphatic hydroxyl groups excluding tert-OH is 1. The molecular weight excluding hydrogens is 332 g/mol. The fourth-order valence-corrected chi connectivity index (χ4v) is 3.17. The Balaban J connectivity index is 1.58. The lowest BCUT2D eigenvalue weighted by Gasteiger charge is -2.26. The Bertz CT molecular complexity index is 712. The van der Waals surface area contributed by atoms with Crippen LogP contribution in [0.2, 0.25) is 0 Å². The van der Waals surface area contributed by atoms with Crippen LogP contribution in [0.5, 0.6) is 0 Å². The maximum atomic E-state index is 12.5. The fraction of sp³-hybridized carbons (Fsp3) is 0.526. The zero-order valence-electron chi connectivity index (χ0n) is 15.1. The number of hydrogen-bond donors (Lipinski definition) is 2. The molecule has 0 saturated carbocycles. The molecule has 7 heteroatoms. The molecule has 0 spiro atoms. The first-order chi connectivity index (χ1) is 12.7. The van der Waals surface area contributed by atoms with Crippen LogP contribution in [0.3, 0.4) is 0 Å². The Hall–Kier alpha value is -2.41. The molecule has 1 aliphatic rings. The second-order valence-electron chi connectivity index (χ2n) is 6.76. The zero-order chi connectivity index (χ0) is 18.4. The van der Waals surface area contributed by atoms with Crippen molar-refractivity contribution in [2.45, 2.75) is 32.6 Å². The molecule has 0 bridgehead atoms. The molecule has 0 radical (unpaired) electrons. The fourth-order valence-electron chi connectivity index (χ4n) is 3.17. The number of carbonyl (C=O) groups excluding carboxylic acids is 1. The summed E-state index contributed by atoms with van der Waals surface area (Å²) in [5, 5.41) is 12.4. The third-order valence-electron chi connectivity index (χ3n) is 4.73. The molecule has 140 valence electrons. The average Bonchev–Trinajstić information content (AvgIpc) is 3.18. The molecule has 1 fully saturated rings. The monoisotopic (exact) mass is 358 g/mol. The number of furan rings is 1. The van der Waals surface area contributed by atoms with Crippen molar-refractivity contribution < 1.29 is 14.3 Å². The van der Waals surface area contributed by atoms with E-state index >= 15 is 0 Å². The van der Waals surface area contributed by atoms with E-state index in [1.807, 2.05) is 19.1 Å². The van der Waals surface area contributed by atoms with Crippen molar-refractivity contribution in [1.82, 2.24) is 15.3 Å². The smallest absolute Gasteiger partial charge is 0.254 e. The van der Waals surface area contributed by atoms with Crippen molar-refractivity contribution in [3.63, 3.8) is 0 Å². The SMILES string of the molecule is Cc1nc(N2CCCCC2)ncc1C(=O)NC[C@@H](CO)Cc1ccco1. The number of nitrogens with one attached hydrogen (secondary N) is 1. The molecule has 1 atom stereocenters. The number of piperidine rings is 1. The van der Waals surface area contributed by atoms with E-state index in [4.69, 9.17) is 4.42 Å². The van der Waals surface area contributed by atoms with Gasteiger partial charge in [0, 0.05) is 44.8 Å². The molecule has 0 aromatic carbocycles. The maximum Gasteiger partial charge on any atom is 0.254 e. The standard InChI is InChI=1S/C19H26N4O3/c1-14-17(12-21-19(22-14)23-7-3-2-4-8-23)18(25)20-11-15(13-24)10-16-6-5-9-26-16/h5-6,9,12,15,24H,2-4,7-8,10-11,13H2,1H3,(H,20,25)/t15-/m0/s1. The molecule has 7 nitrogen and oxygen atoms in total. The molecule has 1 amide bonds. The van der Waals surface area contributed by atoms with Gasteiger partial charge in [0.05, 0.1) is 17.5 Å². The van der Waals surface area contributed by atoms with Crippen LogP contribution in [0, 0.1) is 12.8 Å². The van der Waals surface area contributed by atoms with E-state index in [1.54, 1.807) is 12.5 Å². The molecule has 3 rings (SSSR count). The van der Waals surface area contributed by atoms with Gasteiger partial charge in [-0.1, -0.05) is 0 Å². The van der Waals surface area contributed by atoms with Gasteiger partial charge < -0.3 is 19.7 Å². The van der Waals surface area contributed by atoms with Crippen LogP contribution < -0.4 is 10.2 Å². The Morgan fingerprint density at radius 2 is 2.19 bits per heavy atom. The van der Waals surface area contributed by atoms with Crippen molar-refractivity contribution in [2.24, 2.45) is 5.92 Å². The van der Waals surface area contributed by atoms with E-state index in [-0.39, 0.29) is 18.4 Å². The van der Waals surface area contributed by atoms with Gasteiger partial charge in [-0.25, -0.2) is 9.97 Å². The summed E-state index contributed by atoms with van der Waals surface area (Å²) in [4.78, 5) is 23.5. The van der Waals surface area contributed by atoms with Crippen LogP contribution in [0.25, 0.3) is 0 Å². The van der Waals surface area contributed by atoms with Crippen molar-refractivity contribution in [2.75, 3.05) is 31.1 Å². The van der Waals surface area contributed by atoms with Gasteiger partial charge in [-0.3, -0.25) is 4.79 Å². The predicted octanol–water partition coefficient (Wildman–Crippen LogP) is 1.95. The lowest BCUT2D eigenvalue weighted by atomic mass is 10.0. The summed E-state index contributed by atoms with van der Waals surface area (Å²) in [6, 6.07) is 3.68. The third kappa shape index (κ3) is 4.60. The number of hydrogen-bond acceptors (Lipinski definition) is 6. The summed E-state index contributed by atoms with van der Waals surface area (Å²) in [7, 11) is 0. The third-order valence-corrected chi connectivity index (χ3v) is 4.73. The lowest BCUT2D eigenvalue weighted by molar-refractivity contribution is 0.0937. The number of nitrogens with zero attached hydrogens (tertiary/aromatic N) is 3. The molecule has 2 aromatic rings. The second kappa shape index (κ2) is 8.80. The molecule has 0 aliphatic carbocycles. The molecule has 0 unspecified atom stereocenters. The Kier molecular flexibility index (Phi) is 6.22. The van der Waals surface area contributed by atoms with Gasteiger partial charge in [0.25, 0.3) is 5.91 Å². The lowest BCUT2D eigenvalue weighted by Crippen LogP contribution is -2.33. The highest BCUT2D eigenvalue weighted by molar-refractivity contribution is 5.95. The summed E-state index contributed by atoms with van der Waals surface area (Å²) < 4.78 is 5.30. The van der Waals surface area contributed by atoms with Gasteiger partial charge in [0.15, 0.2) is 0 Å². The number of carbonyl (C=O) groups is 1. The molecule has 3 heterocycles.